The molecule has 0 radical (unpaired) electrons. The molecule has 4 atom stereocenters. The number of aryl methyl sites for hydroxylation is 1. The molecule has 8 heteroatoms. The minimum Gasteiger partial charge on any atom is -0.371 e. The van der Waals surface area contributed by atoms with Gasteiger partial charge in [-0.25, -0.2) is 14.1 Å². The zero-order chi connectivity index (χ0) is 22.5. The maximum absolute atomic E-state index is 14.0. The fourth-order valence-electron chi connectivity index (χ4n) is 5.97. The Balaban J connectivity index is 1.21. The van der Waals surface area contributed by atoms with E-state index < -0.39 is 6.10 Å². The summed E-state index contributed by atoms with van der Waals surface area (Å²) in [6.45, 7) is 5.38. The average molecular weight is 468 g/mol. The second kappa shape index (κ2) is 8.37. The van der Waals surface area contributed by atoms with E-state index in [9.17, 15) is 4.39 Å². The van der Waals surface area contributed by atoms with E-state index in [0.29, 0.717) is 41.5 Å². The lowest BCUT2D eigenvalue weighted by atomic mass is 9.82. The van der Waals surface area contributed by atoms with Gasteiger partial charge in [-0.1, -0.05) is 11.6 Å². The third-order valence-electron chi connectivity index (χ3n) is 7.45. The summed E-state index contributed by atoms with van der Waals surface area (Å²) in [6.07, 6.45) is 4.87. The molecule has 3 aromatic rings. The molecule has 2 fully saturated rings. The molecule has 6 rings (SSSR count). The van der Waals surface area contributed by atoms with E-state index >= 15 is 0 Å². The third-order valence-corrected chi connectivity index (χ3v) is 7.66. The molecule has 2 aliphatic heterocycles. The molecular weight excluding hydrogens is 441 g/mol. The number of benzene rings is 1. The molecular formula is C25H27ClFN5O. The van der Waals surface area contributed by atoms with Gasteiger partial charge in [0.25, 0.3) is 0 Å². The molecule has 2 aromatic heterocycles. The maximum atomic E-state index is 14.0. The predicted octanol–water partition coefficient (Wildman–Crippen LogP) is 4.60. The highest BCUT2D eigenvalue weighted by Gasteiger charge is 2.42. The lowest BCUT2D eigenvalue weighted by Crippen LogP contribution is -2.42. The Morgan fingerprint density at radius 2 is 1.97 bits per heavy atom. The number of hydrogen-bond donors (Lipinski definition) is 0. The Bertz CT molecular complexity index is 1150. The number of anilines is 1. The van der Waals surface area contributed by atoms with Crippen LogP contribution >= 0.6 is 11.6 Å². The molecule has 6 nitrogen and oxygen atoms in total. The summed E-state index contributed by atoms with van der Waals surface area (Å²) in [4.78, 5) is 11.8. The van der Waals surface area contributed by atoms with E-state index in [0.717, 1.165) is 36.9 Å². The van der Waals surface area contributed by atoms with Gasteiger partial charge in [-0.3, -0.25) is 4.98 Å². The molecule has 33 heavy (non-hydrogen) atoms. The fourth-order valence-corrected chi connectivity index (χ4v) is 6.20. The highest BCUT2D eigenvalue weighted by Crippen LogP contribution is 2.44. The summed E-state index contributed by atoms with van der Waals surface area (Å²) >= 11 is 6.09. The summed E-state index contributed by atoms with van der Waals surface area (Å²) < 4.78 is 21.9. The largest absolute Gasteiger partial charge is 0.371 e. The van der Waals surface area contributed by atoms with Gasteiger partial charge in [0.05, 0.1) is 13.2 Å². The molecule has 0 spiro atoms. The first-order chi connectivity index (χ1) is 16.0. The molecule has 4 heterocycles. The molecule has 1 aliphatic carbocycles. The summed E-state index contributed by atoms with van der Waals surface area (Å²) in [5.74, 6) is 3.13. The lowest BCUT2D eigenvalue weighted by molar-refractivity contribution is 0.0388. The second-order valence-corrected chi connectivity index (χ2v) is 10.0. The molecule has 0 N–H and O–H groups in total. The van der Waals surface area contributed by atoms with E-state index in [1.54, 1.807) is 6.07 Å². The molecule has 1 saturated carbocycles. The van der Waals surface area contributed by atoms with Gasteiger partial charge in [0.15, 0.2) is 11.6 Å². The van der Waals surface area contributed by atoms with Crippen molar-refractivity contribution in [1.29, 1.82) is 0 Å². The quantitative estimate of drug-likeness (QED) is 0.561. The van der Waals surface area contributed by atoms with Crippen LogP contribution in [0.25, 0.3) is 0 Å². The van der Waals surface area contributed by atoms with Gasteiger partial charge in [-0.2, -0.15) is 5.10 Å². The first-order valence-corrected chi connectivity index (χ1v) is 12.1. The maximum Gasteiger partial charge on any atom is 0.161 e. The number of piperidine rings is 1. The third kappa shape index (κ3) is 4.02. The molecule has 1 saturated heterocycles. The van der Waals surface area contributed by atoms with Crippen LogP contribution in [-0.4, -0.2) is 39.4 Å². The number of ether oxygens (including phenoxy) is 1. The Morgan fingerprint density at radius 1 is 1.15 bits per heavy atom. The molecule has 2 bridgehead atoms. The van der Waals surface area contributed by atoms with Crippen LogP contribution in [0.4, 0.5) is 10.1 Å². The van der Waals surface area contributed by atoms with E-state index in [1.807, 2.05) is 17.8 Å². The van der Waals surface area contributed by atoms with Gasteiger partial charge >= 0.3 is 0 Å². The summed E-state index contributed by atoms with van der Waals surface area (Å²) in [6, 6.07) is 8.83. The number of nitrogens with zero attached hydrogens (tertiary/aromatic N) is 5. The molecule has 1 unspecified atom stereocenters. The van der Waals surface area contributed by atoms with Gasteiger partial charge in [0.2, 0.25) is 0 Å². The van der Waals surface area contributed by atoms with Crippen LogP contribution in [0.15, 0.2) is 36.5 Å². The Hall–Kier alpha value is -2.51. The highest BCUT2D eigenvalue weighted by molar-refractivity contribution is 6.30. The zero-order valence-corrected chi connectivity index (χ0v) is 19.4. The van der Waals surface area contributed by atoms with Crippen molar-refractivity contribution < 1.29 is 9.13 Å². The van der Waals surface area contributed by atoms with Gasteiger partial charge in [-0.05, 0) is 73.4 Å². The van der Waals surface area contributed by atoms with Crippen molar-refractivity contribution in [3.05, 3.63) is 70.3 Å². The number of rotatable bonds is 4. The predicted molar refractivity (Wildman–Crippen MR) is 124 cm³/mol. The number of aromatic nitrogens is 4. The summed E-state index contributed by atoms with van der Waals surface area (Å²) in [5.41, 5.74) is 3.02. The van der Waals surface area contributed by atoms with Crippen LogP contribution in [0.5, 0.6) is 0 Å². The normalized spacial score (nSPS) is 26.5. The molecule has 3 aliphatic rings. The second-order valence-electron chi connectivity index (χ2n) is 9.59. The topological polar surface area (TPSA) is 56.1 Å². The Morgan fingerprint density at radius 3 is 2.73 bits per heavy atom. The molecule has 1 aromatic carbocycles. The SMILES string of the molecule is Cc1cc(N2C[C@H]3CC[C@@H](C2)C3Cc2nc3n(n2)CCO[C@@H]3c2cc(F)cc(Cl)c2)ccn1. The van der Waals surface area contributed by atoms with Crippen molar-refractivity contribution in [2.45, 2.75) is 38.8 Å². The van der Waals surface area contributed by atoms with Crippen molar-refractivity contribution in [3.8, 4) is 0 Å². The number of hydrogen-bond acceptors (Lipinski definition) is 5. The lowest BCUT2D eigenvalue weighted by Gasteiger charge is -2.39. The van der Waals surface area contributed by atoms with Gasteiger partial charge in [0.1, 0.15) is 11.9 Å². The minimum absolute atomic E-state index is 0.359. The number of pyridine rings is 1. The standard InChI is InChI=1S/C25H27ClFN5O/c1-15-8-21(4-5-28-15)31-13-16-2-3-17(14-31)22(16)12-23-29-25-24(33-7-6-32(25)30-23)18-9-19(26)11-20(27)10-18/h4-5,8-11,16-17,22,24H,2-3,6-7,12-14H2,1H3/t16-,17+,22?,24-/m1/s1. The van der Waals surface area contributed by atoms with E-state index in [-0.39, 0.29) is 5.82 Å². The number of fused-ring (bicyclic) bond motifs is 3. The van der Waals surface area contributed by atoms with E-state index in [4.69, 9.17) is 26.4 Å². The first kappa shape index (κ1) is 21.1. The average Bonchev–Trinajstić information content (AvgIpc) is 3.29. The fraction of sp³-hybridized carbons (Fsp3) is 0.480. The smallest absolute Gasteiger partial charge is 0.161 e. The van der Waals surface area contributed by atoms with Crippen LogP contribution in [0.1, 0.15) is 41.9 Å². The van der Waals surface area contributed by atoms with Crippen molar-refractivity contribution >= 4 is 17.3 Å². The minimum atomic E-state index is -0.443. The van der Waals surface area contributed by atoms with Gasteiger partial charge in [0, 0.05) is 42.1 Å². The zero-order valence-electron chi connectivity index (χ0n) is 18.6. The molecule has 172 valence electrons. The number of halogens is 2. The summed E-state index contributed by atoms with van der Waals surface area (Å²) in [5, 5.41) is 5.19. The van der Waals surface area contributed by atoms with Gasteiger partial charge in [-0.15, -0.1) is 0 Å². The van der Waals surface area contributed by atoms with Crippen LogP contribution in [0.2, 0.25) is 5.02 Å². The van der Waals surface area contributed by atoms with Crippen LogP contribution in [-0.2, 0) is 17.7 Å². The van der Waals surface area contributed by atoms with Crippen LogP contribution in [0.3, 0.4) is 0 Å². The van der Waals surface area contributed by atoms with Crippen molar-refractivity contribution in [3.63, 3.8) is 0 Å². The van der Waals surface area contributed by atoms with E-state index in [2.05, 4.69) is 22.0 Å². The van der Waals surface area contributed by atoms with Crippen LogP contribution < -0.4 is 4.90 Å². The van der Waals surface area contributed by atoms with Gasteiger partial charge < -0.3 is 9.64 Å². The van der Waals surface area contributed by atoms with Crippen molar-refractivity contribution in [2.24, 2.45) is 17.8 Å². The Labute approximate surface area is 197 Å². The van der Waals surface area contributed by atoms with Crippen molar-refractivity contribution in [2.75, 3.05) is 24.6 Å². The van der Waals surface area contributed by atoms with E-state index in [1.165, 1.54) is 30.7 Å². The first-order valence-electron chi connectivity index (χ1n) is 11.7. The Kier molecular flexibility index (Phi) is 5.34. The summed E-state index contributed by atoms with van der Waals surface area (Å²) in [7, 11) is 0. The molecule has 0 amide bonds. The van der Waals surface area contributed by atoms with Crippen molar-refractivity contribution in [1.82, 2.24) is 19.7 Å². The monoisotopic (exact) mass is 467 g/mol. The highest BCUT2D eigenvalue weighted by atomic mass is 35.5. The van der Waals surface area contributed by atoms with Crippen LogP contribution in [0, 0.1) is 30.5 Å².